The number of hydrogen-bond donors (Lipinski definition) is 1. The van der Waals surface area contributed by atoms with Crippen LogP contribution in [0.1, 0.15) is 41.5 Å². The maximum atomic E-state index is 11.3. The van der Waals surface area contributed by atoms with Gasteiger partial charge >= 0.3 is 5.69 Å². The molecular formula is C18H23N5O2. The normalized spacial score (nSPS) is 17.6. The van der Waals surface area contributed by atoms with Crippen molar-refractivity contribution in [1.82, 2.24) is 14.9 Å². The van der Waals surface area contributed by atoms with Gasteiger partial charge in [0.1, 0.15) is 11.5 Å². The van der Waals surface area contributed by atoms with Gasteiger partial charge in [0.05, 0.1) is 4.92 Å². The fraction of sp³-hybridized carbons (Fsp3) is 0.444. The Bertz CT molecular complexity index is 776. The zero-order valence-electron chi connectivity index (χ0n) is 14.8. The molecule has 0 saturated carbocycles. The minimum atomic E-state index is -0.434. The fourth-order valence-corrected chi connectivity index (χ4v) is 3.42. The second kappa shape index (κ2) is 7.14. The van der Waals surface area contributed by atoms with Crippen molar-refractivity contribution in [1.29, 1.82) is 0 Å². The Kier molecular flexibility index (Phi) is 4.94. The summed E-state index contributed by atoms with van der Waals surface area (Å²) in [6.07, 6.45) is 2.43. The molecule has 1 atom stereocenters. The molecule has 0 amide bonds. The summed E-state index contributed by atoms with van der Waals surface area (Å²) >= 11 is 0. The Morgan fingerprint density at radius 3 is 2.60 bits per heavy atom. The van der Waals surface area contributed by atoms with E-state index < -0.39 is 4.92 Å². The first-order chi connectivity index (χ1) is 12.0. The van der Waals surface area contributed by atoms with Gasteiger partial charge in [0.2, 0.25) is 5.82 Å². The van der Waals surface area contributed by atoms with E-state index in [1.807, 2.05) is 0 Å². The van der Waals surface area contributed by atoms with Crippen LogP contribution in [0.4, 0.5) is 11.5 Å². The van der Waals surface area contributed by atoms with Gasteiger partial charge in [-0.25, -0.2) is 9.97 Å². The number of likely N-dealkylation sites (tertiary alicyclic amines) is 1. The van der Waals surface area contributed by atoms with Crippen molar-refractivity contribution < 1.29 is 4.92 Å². The van der Waals surface area contributed by atoms with Crippen molar-refractivity contribution >= 4 is 11.5 Å². The molecule has 1 fully saturated rings. The van der Waals surface area contributed by atoms with Crippen LogP contribution in [0.25, 0.3) is 0 Å². The van der Waals surface area contributed by atoms with Gasteiger partial charge in [-0.05, 0) is 51.4 Å². The monoisotopic (exact) mass is 341 g/mol. The van der Waals surface area contributed by atoms with Crippen LogP contribution in [0.2, 0.25) is 0 Å². The van der Waals surface area contributed by atoms with E-state index in [0.29, 0.717) is 24.1 Å². The molecular weight excluding hydrogens is 318 g/mol. The first-order valence-corrected chi connectivity index (χ1v) is 8.48. The summed E-state index contributed by atoms with van der Waals surface area (Å²) in [5.74, 6) is 0.792. The molecule has 132 valence electrons. The molecule has 1 saturated heterocycles. The Hall–Kier alpha value is -2.54. The number of anilines is 1. The minimum absolute atomic E-state index is 0.0604. The molecule has 0 spiro atoms. The molecule has 2 heterocycles. The molecule has 1 aliphatic heterocycles. The highest BCUT2D eigenvalue weighted by atomic mass is 16.6. The summed E-state index contributed by atoms with van der Waals surface area (Å²) < 4.78 is 0. The SMILES string of the molecule is Cc1nc(C)c([N+](=O)[O-])c(NCc2ccc(C3CCCN3C)cc2)n1. The average molecular weight is 341 g/mol. The highest BCUT2D eigenvalue weighted by Crippen LogP contribution is 2.30. The lowest BCUT2D eigenvalue weighted by atomic mass is 10.0. The summed E-state index contributed by atoms with van der Waals surface area (Å²) in [4.78, 5) is 21.5. The number of nitrogens with one attached hydrogen (secondary N) is 1. The van der Waals surface area contributed by atoms with Crippen LogP contribution in [0.5, 0.6) is 0 Å². The maximum absolute atomic E-state index is 11.3. The highest BCUT2D eigenvalue weighted by molar-refractivity contribution is 5.58. The lowest BCUT2D eigenvalue weighted by Gasteiger charge is -2.20. The number of rotatable bonds is 5. The standard InChI is InChI=1S/C18H23N5O2/c1-12-17(23(24)25)18(21-13(2)20-12)19-11-14-6-8-15(9-7-14)16-5-4-10-22(16)3/h6-9,16H,4-5,10-11H2,1-3H3,(H,19,20,21). The van der Waals surface area contributed by atoms with Gasteiger partial charge < -0.3 is 5.32 Å². The van der Waals surface area contributed by atoms with Gasteiger partial charge in [-0.15, -0.1) is 0 Å². The summed E-state index contributed by atoms with van der Waals surface area (Å²) in [7, 11) is 2.16. The van der Waals surface area contributed by atoms with E-state index in [1.54, 1.807) is 13.8 Å². The van der Waals surface area contributed by atoms with Crippen molar-refractivity contribution in [3.63, 3.8) is 0 Å². The van der Waals surface area contributed by atoms with Crippen molar-refractivity contribution in [2.24, 2.45) is 0 Å². The smallest absolute Gasteiger partial charge is 0.332 e. The van der Waals surface area contributed by atoms with Crippen LogP contribution in [0.15, 0.2) is 24.3 Å². The molecule has 7 heteroatoms. The molecule has 0 radical (unpaired) electrons. The molecule has 1 aliphatic rings. The van der Waals surface area contributed by atoms with Crippen molar-refractivity contribution in [3.8, 4) is 0 Å². The van der Waals surface area contributed by atoms with Crippen LogP contribution in [-0.2, 0) is 6.54 Å². The number of benzene rings is 1. The molecule has 0 aliphatic carbocycles. The fourth-order valence-electron chi connectivity index (χ4n) is 3.42. The maximum Gasteiger partial charge on any atom is 0.332 e. The molecule has 1 aromatic heterocycles. The molecule has 1 aromatic carbocycles. The van der Waals surface area contributed by atoms with E-state index in [9.17, 15) is 10.1 Å². The lowest BCUT2D eigenvalue weighted by Crippen LogP contribution is -2.17. The molecule has 2 aromatic rings. The molecule has 1 N–H and O–H groups in total. The Morgan fingerprint density at radius 1 is 1.28 bits per heavy atom. The van der Waals surface area contributed by atoms with E-state index >= 15 is 0 Å². The summed E-state index contributed by atoms with van der Waals surface area (Å²) in [6.45, 7) is 4.99. The van der Waals surface area contributed by atoms with Gasteiger partial charge in [0.15, 0.2) is 0 Å². The zero-order valence-corrected chi connectivity index (χ0v) is 14.8. The molecule has 1 unspecified atom stereocenters. The predicted molar refractivity (Wildman–Crippen MR) is 96.5 cm³/mol. The third-order valence-corrected chi connectivity index (χ3v) is 4.70. The zero-order chi connectivity index (χ0) is 18.0. The van der Waals surface area contributed by atoms with Crippen molar-refractivity contribution in [2.75, 3.05) is 18.9 Å². The third-order valence-electron chi connectivity index (χ3n) is 4.70. The number of nitrogens with zero attached hydrogens (tertiary/aromatic N) is 4. The molecule has 3 rings (SSSR count). The predicted octanol–water partition coefficient (Wildman–Crippen LogP) is 3.38. The van der Waals surface area contributed by atoms with E-state index in [-0.39, 0.29) is 11.5 Å². The number of aryl methyl sites for hydroxylation is 2. The van der Waals surface area contributed by atoms with Gasteiger partial charge in [0.25, 0.3) is 0 Å². The van der Waals surface area contributed by atoms with Gasteiger partial charge in [-0.2, -0.15) is 0 Å². The Morgan fingerprint density at radius 2 is 2.00 bits per heavy atom. The van der Waals surface area contributed by atoms with Crippen LogP contribution >= 0.6 is 0 Å². The van der Waals surface area contributed by atoms with Crippen LogP contribution in [0.3, 0.4) is 0 Å². The number of nitro groups is 1. The first-order valence-electron chi connectivity index (χ1n) is 8.48. The topological polar surface area (TPSA) is 84.2 Å². The van der Waals surface area contributed by atoms with Crippen molar-refractivity contribution in [2.45, 2.75) is 39.3 Å². The van der Waals surface area contributed by atoms with Crippen LogP contribution in [-0.4, -0.2) is 33.4 Å². The molecule has 25 heavy (non-hydrogen) atoms. The third kappa shape index (κ3) is 3.76. The van der Waals surface area contributed by atoms with E-state index in [1.165, 1.54) is 18.4 Å². The van der Waals surface area contributed by atoms with Crippen molar-refractivity contribution in [3.05, 3.63) is 57.0 Å². The quantitative estimate of drug-likeness (QED) is 0.663. The second-order valence-corrected chi connectivity index (χ2v) is 6.54. The van der Waals surface area contributed by atoms with Crippen LogP contribution in [0, 0.1) is 24.0 Å². The van der Waals surface area contributed by atoms with E-state index in [0.717, 1.165) is 12.1 Å². The largest absolute Gasteiger partial charge is 0.360 e. The van der Waals surface area contributed by atoms with Crippen LogP contribution < -0.4 is 5.32 Å². The van der Waals surface area contributed by atoms with Gasteiger partial charge in [0, 0.05) is 12.6 Å². The minimum Gasteiger partial charge on any atom is -0.360 e. The van der Waals surface area contributed by atoms with Gasteiger partial charge in [-0.1, -0.05) is 24.3 Å². The lowest BCUT2D eigenvalue weighted by molar-refractivity contribution is -0.385. The van der Waals surface area contributed by atoms with Gasteiger partial charge in [-0.3, -0.25) is 15.0 Å². The van der Waals surface area contributed by atoms with E-state index in [4.69, 9.17) is 0 Å². The summed E-state index contributed by atoms with van der Waals surface area (Å²) in [5.41, 5.74) is 2.70. The second-order valence-electron chi connectivity index (χ2n) is 6.54. The average Bonchev–Trinajstić information content (AvgIpc) is 2.98. The number of aromatic nitrogens is 2. The Labute approximate surface area is 147 Å². The first kappa shape index (κ1) is 17.3. The summed E-state index contributed by atoms with van der Waals surface area (Å²) in [5, 5.41) is 14.4. The Balaban J connectivity index is 1.73. The number of hydrogen-bond acceptors (Lipinski definition) is 6. The van der Waals surface area contributed by atoms with E-state index in [2.05, 4.69) is 51.5 Å². The highest BCUT2D eigenvalue weighted by Gasteiger charge is 2.23. The summed E-state index contributed by atoms with van der Waals surface area (Å²) in [6, 6.07) is 8.93. The molecule has 0 bridgehead atoms. The molecule has 7 nitrogen and oxygen atoms in total.